The first-order valence-electron chi connectivity index (χ1n) is 6.69. The SMILES string of the molecule is O=C1C=C(Nc2cc(C(F)(F)F)ccc2C(F)(F)F)C(=O)N1CCO. The molecule has 0 aliphatic carbocycles. The molecule has 0 atom stereocenters. The normalized spacial score (nSPS) is 15.6. The summed E-state index contributed by atoms with van der Waals surface area (Å²) in [5, 5.41) is 10.7. The summed E-state index contributed by atoms with van der Waals surface area (Å²) in [6.07, 6.45) is -9.23. The van der Waals surface area contributed by atoms with Crippen LogP contribution in [0.15, 0.2) is 30.0 Å². The number of halogens is 6. The molecule has 0 spiro atoms. The second-order valence-corrected chi connectivity index (χ2v) is 4.96. The average molecular weight is 368 g/mol. The second-order valence-electron chi connectivity index (χ2n) is 4.96. The van der Waals surface area contributed by atoms with E-state index < -0.39 is 59.8 Å². The summed E-state index contributed by atoms with van der Waals surface area (Å²) in [6.45, 7) is -0.968. The maximum atomic E-state index is 13.0. The molecule has 1 aromatic rings. The lowest BCUT2D eigenvalue weighted by atomic mass is 10.1. The number of benzene rings is 1. The van der Waals surface area contributed by atoms with Crippen LogP contribution in [-0.4, -0.2) is 35.0 Å². The van der Waals surface area contributed by atoms with Gasteiger partial charge in [-0.05, 0) is 18.2 Å². The van der Waals surface area contributed by atoms with E-state index in [2.05, 4.69) is 0 Å². The first kappa shape index (κ1) is 18.8. The summed E-state index contributed by atoms with van der Waals surface area (Å²) >= 11 is 0. The van der Waals surface area contributed by atoms with Crippen molar-refractivity contribution >= 4 is 17.5 Å². The quantitative estimate of drug-likeness (QED) is 0.633. The number of anilines is 1. The lowest BCUT2D eigenvalue weighted by Crippen LogP contribution is -2.34. The van der Waals surface area contributed by atoms with Gasteiger partial charge in [0.05, 0.1) is 30.0 Å². The van der Waals surface area contributed by atoms with Crippen molar-refractivity contribution in [2.45, 2.75) is 12.4 Å². The molecule has 136 valence electrons. The van der Waals surface area contributed by atoms with E-state index in [0.717, 1.165) is 0 Å². The smallest absolute Gasteiger partial charge is 0.395 e. The zero-order valence-corrected chi connectivity index (χ0v) is 12.2. The van der Waals surface area contributed by atoms with E-state index in [-0.39, 0.29) is 18.2 Å². The number of aliphatic hydroxyl groups is 1. The number of hydrogen-bond acceptors (Lipinski definition) is 4. The molecule has 0 saturated carbocycles. The Kier molecular flexibility index (Phi) is 4.80. The molecule has 0 saturated heterocycles. The van der Waals surface area contributed by atoms with Crippen molar-refractivity contribution in [3.63, 3.8) is 0 Å². The number of nitrogens with zero attached hydrogens (tertiary/aromatic N) is 1. The van der Waals surface area contributed by atoms with Crippen molar-refractivity contribution < 1.29 is 41.0 Å². The van der Waals surface area contributed by atoms with E-state index in [0.29, 0.717) is 11.0 Å². The average Bonchev–Trinajstić information content (AvgIpc) is 2.73. The molecule has 0 aromatic heterocycles. The Morgan fingerprint density at radius 1 is 1.04 bits per heavy atom. The van der Waals surface area contributed by atoms with Gasteiger partial charge in [-0.2, -0.15) is 26.3 Å². The molecule has 1 heterocycles. The van der Waals surface area contributed by atoms with E-state index in [4.69, 9.17) is 5.11 Å². The van der Waals surface area contributed by atoms with Crippen molar-refractivity contribution in [2.75, 3.05) is 18.5 Å². The molecule has 0 radical (unpaired) electrons. The van der Waals surface area contributed by atoms with Gasteiger partial charge in [-0.25, -0.2) is 0 Å². The van der Waals surface area contributed by atoms with Gasteiger partial charge in [-0.1, -0.05) is 0 Å². The molecule has 2 N–H and O–H groups in total. The monoisotopic (exact) mass is 368 g/mol. The van der Waals surface area contributed by atoms with Gasteiger partial charge in [0.15, 0.2) is 0 Å². The van der Waals surface area contributed by atoms with Crippen LogP contribution < -0.4 is 5.32 Å². The highest BCUT2D eigenvalue weighted by atomic mass is 19.4. The highest BCUT2D eigenvalue weighted by Crippen LogP contribution is 2.39. The van der Waals surface area contributed by atoms with Crippen molar-refractivity contribution in [3.8, 4) is 0 Å². The van der Waals surface area contributed by atoms with E-state index in [1.165, 1.54) is 0 Å². The maximum Gasteiger partial charge on any atom is 0.418 e. The number of imide groups is 1. The molecule has 2 amide bonds. The molecule has 2 rings (SSSR count). The number of aliphatic hydroxyl groups excluding tert-OH is 1. The van der Waals surface area contributed by atoms with Crippen LogP contribution >= 0.6 is 0 Å². The summed E-state index contributed by atoms with van der Waals surface area (Å²) in [5.74, 6) is -1.95. The molecule has 5 nitrogen and oxygen atoms in total. The molecule has 0 fully saturated rings. The number of carbonyl (C=O) groups is 2. The lowest BCUT2D eigenvalue weighted by molar-refractivity contribution is -0.140. The van der Waals surface area contributed by atoms with Gasteiger partial charge in [-0.15, -0.1) is 0 Å². The van der Waals surface area contributed by atoms with Gasteiger partial charge in [0.1, 0.15) is 5.70 Å². The predicted molar refractivity (Wildman–Crippen MR) is 72.0 cm³/mol. The Bertz CT molecular complexity index is 739. The summed E-state index contributed by atoms with van der Waals surface area (Å²) in [7, 11) is 0. The van der Waals surface area contributed by atoms with Crippen LogP contribution in [0.4, 0.5) is 32.0 Å². The Labute approximate surface area is 136 Å². The highest BCUT2D eigenvalue weighted by Gasteiger charge is 2.38. The molecule has 0 bridgehead atoms. The molecule has 1 aliphatic heterocycles. The van der Waals surface area contributed by atoms with Gasteiger partial charge >= 0.3 is 12.4 Å². The minimum absolute atomic E-state index is 0.204. The first-order chi connectivity index (χ1) is 11.4. The van der Waals surface area contributed by atoms with Crippen LogP contribution in [0.2, 0.25) is 0 Å². The zero-order valence-electron chi connectivity index (χ0n) is 12.2. The Hall–Kier alpha value is -2.56. The minimum atomic E-state index is -4.98. The fraction of sp³-hybridized carbons (Fsp3) is 0.286. The van der Waals surface area contributed by atoms with Crippen LogP contribution in [0, 0.1) is 0 Å². The fourth-order valence-corrected chi connectivity index (χ4v) is 2.13. The molecule has 11 heteroatoms. The third-order valence-electron chi connectivity index (χ3n) is 3.25. The summed E-state index contributed by atoms with van der Waals surface area (Å²) in [6, 6.07) is 0.705. The summed E-state index contributed by atoms with van der Waals surface area (Å²) in [5.41, 5.74) is -4.42. The topological polar surface area (TPSA) is 69.6 Å². The predicted octanol–water partition coefficient (Wildman–Crippen LogP) is 2.38. The Morgan fingerprint density at radius 3 is 2.20 bits per heavy atom. The van der Waals surface area contributed by atoms with Crippen molar-refractivity contribution in [1.82, 2.24) is 4.90 Å². The number of carbonyl (C=O) groups excluding carboxylic acids is 2. The molecule has 1 aliphatic rings. The van der Waals surface area contributed by atoms with Crippen LogP contribution in [0.5, 0.6) is 0 Å². The van der Waals surface area contributed by atoms with Crippen LogP contribution in [0.1, 0.15) is 11.1 Å². The van der Waals surface area contributed by atoms with Crippen LogP contribution in [-0.2, 0) is 21.9 Å². The number of amides is 2. The van der Waals surface area contributed by atoms with Gasteiger partial charge in [-0.3, -0.25) is 14.5 Å². The number of β-amino-alcohol motifs (C(OH)–C–C–N with tert-alkyl or cyclic N) is 1. The fourth-order valence-electron chi connectivity index (χ4n) is 2.13. The standard InChI is InChI=1S/C14H10F6N2O3/c15-13(16,17)7-1-2-8(14(18,19)20)9(5-7)21-10-6-11(24)22(3-4-23)12(10)25/h1-2,5-6,21,23H,3-4H2. The number of hydrogen-bond donors (Lipinski definition) is 2. The van der Waals surface area contributed by atoms with Crippen LogP contribution in [0.3, 0.4) is 0 Å². The second kappa shape index (κ2) is 6.39. The van der Waals surface area contributed by atoms with Crippen molar-refractivity contribution in [2.24, 2.45) is 0 Å². The van der Waals surface area contributed by atoms with Crippen LogP contribution in [0.25, 0.3) is 0 Å². The first-order valence-corrected chi connectivity index (χ1v) is 6.69. The van der Waals surface area contributed by atoms with Gasteiger partial charge < -0.3 is 10.4 Å². The van der Waals surface area contributed by atoms with E-state index in [9.17, 15) is 35.9 Å². The number of alkyl halides is 6. The third kappa shape index (κ3) is 3.92. The lowest BCUT2D eigenvalue weighted by Gasteiger charge is -2.18. The molecule has 25 heavy (non-hydrogen) atoms. The van der Waals surface area contributed by atoms with E-state index >= 15 is 0 Å². The molecular formula is C14H10F6N2O3. The van der Waals surface area contributed by atoms with Crippen molar-refractivity contribution in [1.29, 1.82) is 0 Å². The summed E-state index contributed by atoms with van der Waals surface area (Å²) < 4.78 is 77.1. The minimum Gasteiger partial charge on any atom is -0.395 e. The van der Waals surface area contributed by atoms with E-state index in [1.54, 1.807) is 0 Å². The van der Waals surface area contributed by atoms with Gasteiger partial charge in [0.2, 0.25) is 0 Å². The highest BCUT2D eigenvalue weighted by molar-refractivity contribution is 6.17. The molecule has 1 aromatic carbocycles. The maximum absolute atomic E-state index is 13.0. The van der Waals surface area contributed by atoms with E-state index in [1.807, 2.05) is 5.32 Å². The Morgan fingerprint density at radius 2 is 1.68 bits per heavy atom. The number of nitrogens with one attached hydrogen (secondary N) is 1. The van der Waals surface area contributed by atoms with Gasteiger partial charge in [0, 0.05) is 6.08 Å². The zero-order chi connectivity index (χ0) is 19.0. The van der Waals surface area contributed by atoms with Crippen molar-refractivity contribution in [3.05, 3.63) is 41.1 Å². The third-order valence-corrected chi connectivity index (χ3v) is 3.25. The largest absolute Gasteiger partial charge is 0.418 e. The summed E-state index contributed by atoms with van der Waals surface area (Å²) in [4.78, 5) is 24.0. The molecular weight excluding hydrogens is 358 g/mol. The number of rotatable bonds is 4. The molecule has 0 unspecified atom stereocenters. The van der Waals surface area contributed by atoms with Gasteiger partial charge in [0.25, 0.3) is 11.8 Å². The Balaban J connectivity index is 2.42.